The van der Waals surface area contributed by atoms with Gasteiger partial charge < -0.3 is 14.6 Å². The molecule has 0 spiro atoms. The molecule has 0 unspecified atom stereocenters. The van der Waals surface area contributed by atoms with Crippen LogP contribution < -0.4 is 10.1 Å². The van der Waals surface area contributed by atoms with Gasteiger partial charge in [0.25, 0.3) is 5.89 Å². The molecule has 0 aliphatic carbocycles. The molecule has 102 valence electrons. The summed E-state index contributed by atoms with van der Waals surface area (Å²) in [4.78, 5) is 5.28. The van der Waals surface area contributed by atoms with Gasteiger partial charge in [0.15, 0.2) is 6.61 Å². The van der Waals surface area contributed by atoms with Gasteiger partial charge in [-0.15, -0.1) is 11.3 Å². The van der Waals surface area contributed by atoms with Crippen LogP contribution in [-0.2, 0) is 6.61 Å². The van der Waals surface area contributed by atoms with Gasteiger partial charge in [-0.05, 0) is 35.7 Å². The molecule has 1 N–H and O–H groups in total. The fraction of sp³-hybridized carbons (Fsp3) is 0.143. The minimum Gasteiger partial charge on any atom is -0.484 e. The summed E-state index contributed by atoms with van der Waals surface area (Å²) in [5, 5.41) is 8.96. The fourth-order valence-corrected chi connectivity index (χ4v) is 2.33. The molecule has 0 fully saturated rings. The molecule has 0 aliphatic rings. The molecule has 2 heterocycles. The Bertz CT molecular complexity index is 662. The maximum atomic E-state index is 5.60. The van der Waals surface area contributed by atoms with Crippen molar-refractivity contribution in [1.82, 2.24) is 10.1 Å². The second-order valence-electron chi connectivity index (χ2n) is 4.05. The topological polar surface area (TPSA) is 60.2 Å². The molecule has 0 aliphatic heterocycles. The highest BCUT2D eigenvalue weighted by Crippen LogP contribution is 2.22. The third-order valence-corrected chi connectivity index (χ3v) is 3.58. The smallest absolute Gasteiger partial charge is 0.264 e. The third-order valence-electron chi connectivity index (χ3n) is 2.71. The van der Waals surface area contributed by atoms with Crippen molar-refractivity contribution in [3.05, 3.63) is 47.7 Å². The van der Waals surface area contributed by atoms with Gasteiger partial charge in [-0.1, -0.05) is 11.2 Å². The van der Waals surface area contributed by atoms with E-state index >= 15 is 0 Å². The molecule has 0 amide bonds. The zero-order chi connectivity index (χ0) is 13.8. The normalized spacial score (nSPS) is 10.4. The number of aromatic nitrogens is 2. The van der Waals surface area contributed by atoms with Crippen molar-refractivity contribution < 1.29 is 9.26 Å². The fourth-order valence-electron chi connectivity index (χ4n) is 1.68. The molecule has 6 heteroatoms. The number of nitrogens with one attached hydrogen (secondary N) is 1. The summed E-state index contributed by atoms with van der Waals surface area (Å²) in [6, 6.07) is 11.6. The monoisotopic (exact) mass is 287 g/mol. The second-order valence-corrected chi connectivity index (χ2v) is 5.00. The number of hydrogen-bond acceptors (Lipinski definition) is 6. The Kier molecular flexibility index (Phi) is 3.64. The molecule has 0 saturated carbocycles. The first-order chi connectivity index (χ1) is 9.85. The first-order valence-corrected chi connectivity index (χ1v) is 7.00. The molecule has 3 aromatic rings. The van der Waals surface area contributed by atoms with Crippen molar-refractivity contribution in [1.29, 1.82) is 0 Å². The van der Waals surface area contributed by atoms with E-state index < -0.39 is 0 Å². The van der Waals surface area contributed by atoms with Gasteiger partial charge in [0.05, 0.1) is 4.88 Å². The van der Waals surface area contributed by atoms with Gasteiger partial charge in [0.2, 0.25) is 5.82 Å². The minimum absolute atomic E-state index is 0.261. The maximum Gasteiger partial charge on any atom is 0.264 e. The van der Waals surface area contributed by atoms with Gasteiger partial charge in [0.1, 0.15) is 5.75 Å². The van der Waals surface area contributed by atoms with E-state index in [1.807, 2.05) is 48.8 Å². The Hall–Kier alpha value is -2.34. The van der Waals surface area contributed by atoms with E-state index in [2.05, 4.69) is 15.5 Å². The lowest BCUT2D eigenvalue weighted by atomic mass is 10.3. The van der Waals surface area contributed by atoms with Crippen LogP contribution >= 0.6 is 11.3 Å². The predicted molar refractivity (Wildman–Crippen MR) is 77.9 cm³/mol. The number of benzene rings is 1. The van der Waals surface area contributed by atoms with Gasteiger partial charge in [0, 0.05) is 12.7 Å². The van der Waals surface area contributed by atoms with Crippen LogP contribution in [0.15, 0.2) is 46.3 Å². The van der Waals surface area contributed by atoms with E-state index in [4.69, 9.17) is 9.26 Å². The summed E-state index contributed by atoms with van der Waals surface area (Å²) in [6.45, 7) is 0.261. The Labute approximate surface area is 120 Å². The van der Waals surface area contributed by atoms with E-state index in [9.17, 15) is 0 Å². The average molecular weight is 287 g/mol. The molecular formula is C14H13N3O2S. The van der Waals surface area contributed by atoms with Crippen molar-refractivity contribution in [2.45, 2.75) is 6.61 Å². The van der Waals surface area contributed by atoms with Gasteiger partial charge in [-0.25, -0.2) is 0 Å². The number of anilines is 1. The molecule has 0 atom stereocenters. The second kappa shape index (κ2) is 5.75. The zero-order valence-electron chi connectivity index (χ0n) is 10.9. The molecule has 0 saturated heterocycles. The molecular weight excluding hydrogens is 274 g/mol. The van der Waals surface area contributed by atoms with E-state index in [0.29, 0.717) is 11.7 Å². The Morgan fingerprint density at radius 3 is 2.80 bits per heavy atom. The summed E-state index contributed by atoms with van der Waals surface area (Å²) in [6.07, 6.45) is 0. The number of hydrogen-bond donors (Lipinski definition) is 1. The Morgan fingerprint density at radius 2 is 2.10 bits per heavy atom. The molecule has 0 radical (unpaired) electrons. The summed E-state index contributed by atoms with van der Waals surface area (Å²) < 4.78 is 10.8. The highest BCUT2D eigenvalue weighted by molar-refractivity contribution is 7.13. The lowest BCUT2D eigenvalue weighted by molar-refractivity contribution is 0.243. The standard InChI is InChI=1S/C14H13N3O2S/c1-15-10-4-6-11(7-5-10)18-9-13-16-14(17-19-13)12-3-2-8-20-12/h2-8,15H,9H2,1H3. The summed E-state index contributed by atoms with van der Waals surface area (Å²) in [5.74, 6) is 1.83. The van der Waals surface area contributed by atoms with Crippen LogP contribution in [0.1, 0.15) is 5.89 Å². The molecule has 2 aromatic heterocycles. The number of thiophene rings is 1. The maximum absolute atomic E-state index is 5.60. The first kappa shape index (κ1) is 12.7. The van der Waals surface area contributed by atoms with Crippen LogP contribution in [0.4, 0.5) is 5.69 Å². The number of rotatable bonds is 5. The first-order valence-electron chi connectivity index (χ1n) is 6.12. The van der Waals surface area contributed by atoms with Gasteiger partial charge in [-0.3, -0.25) is 0 Å². The third kappa shape index (κ3) is 2.80. The molecule has 1 aromatic carbocycles. The molecule has 5 nitrogen and oxygen atoms in total. The van der Waals surface area contributed by atoms with Crippen LogP contribution in [0.25, 0.3) is 10.7 Å². The van der Waals surface area contributed by atoms with Crippen LogP contribution in [-0.4, -0.2) is 17.2 Å². The Balaban J connectivity index is 1.63. The Morgan fingerprint density at radius 1 is 1.25 bits per heavy atom. The molecule has 3 rings (SSSR count). The van der Waals surface area contributed by atoms with Crippen LogP contribution in [0.3, 0.4) is 0 Å². The SMILES string of the molecule is CNc1ccc(OCc2nc(-c3cccs3)no2)cc1. The van der Waals surface area contributed by atoms with Crippen molar-refractivity contribution in [3.63, 3.8) is 0 Å². The molecule has 20 heavy (non-hydrogen) atoms. The van der Waals surface area contributed by atoms with Crippen molar-refractivity contribution in [2.24, 2.45) is 0 Å². The van der Waals surface area contributed by atoms with Crippen LogP contribution in [0.2, 0.25) is 0 Å². The van der Waals surface area contributed by atoms with Gasteiger partial charge in [-0.2, -0.15) is 4.98 Å². The number of nitrogens with zero attached hydrogens (tertiary/aromatic N) is 2. The predicted octanol–water partition coefficient (Wildman–Crippen LogP) is 3.42. The summed E-state index contributed by atoms with van der Waals surface area (Å²) >= 11 is 1.58. The highest BCUT2D eigenvalue weighted by atomic mass is 32.1. The highest BCUT2D eigenvalue weighted by Gasteiger charge is 2.09. The van der Waals surface area contributed by atoms with Crippen molar-refractivity contribution >= 4 is 17.0 Å². The quantitative estimate of drug-likeness (QED) is 0.779. The van der Waals surface area contributed by atoms with E-state index in [1.165, 1.54) is 0 Å². The van der Waals surface area contributed by atoms with E-state index in [-0.39, 0.29) is 6.61 Å². The largest absolute Gasteiger partial charge is 0.484 e. The summed E-state index contributed by atoms with van der Waals surface area (Å²) in [7, 11) is 1.88. The van der Waals surface area contributed by atoms with Crippen molar-refractivity contribution in [3.8, 4) is 16.5 Å². The average Bonchev–Trinajstić information content (AvgIpc) is 3.16. The van der Waals surface area contributed by atoms with E-state index in [1.54, 1.807) is 11.3 Å². The lowest BCUT2D eigenvalue weighted by Gasteiger charge is -2.04. The van der Waals surface area contributed by atoms with Gasteiger partial charge >= 0.3 is 0 Å². The molecule has 0 bridgehead atoms. The zero-order valence-corrected chi connectivity index (χ0v) is 11.7. The van der Waals surface area contributed by atoms with E-state index in [0.717, 1.165) is 16.3 Å². The minimum atomic E-state index is 0.261. The lowest BCUT2D eigenvalue weighted by Crippen LogP contribution is -1.96. The number of ether oxygens (including phenoxy) is 1. The van der Waals surface area contributed by atoms with Crippen LogP contribution in [0, 0.1) is 0 Å². The summed E-state index contributed by atoms with van der Waals surface area (Å²) in [5.41, 5.74) is 1.04. The van der Waals surface area contributed by atoms with Crippen molar-refractivity contribution in [2.75, 3.05) is 12.4 Å². The van der Waals surface area contributed by atoms with Crippen LogP contribution in [0.5, 0.6) is 5.75 Å².